The Morgan fingerprint density at radius 3 is 2.88 bits per heavy atom. The number of rotatable bonds is 3. The Bertz CT molecular complexity index is 450. The summed E-state index contributed by atoms with van der Waals surface area (Å²) >= 11 is 0. The Balaban J connectivity index is 1.75. The third-order valence-electron chi connectivity index (χ3n) is 3.56. The first-order valence-electron chi connectivity index (χ1n) is 6.19. The number of imidazole rings is 1. The molecule has 2 aromatic rings. The minimum absolute atomic E-state index is 0.526. The van der Waals surface area contributed by atoms with E-state index in [0.717, 1.165) is 13.0 Å². The molecule has 17 heavy (non-hydrogen) atoms. The van der Waals surface area contributed by atoms with E-state index in [1.807, 2.05) is 6.20 Å². The van der Waals surface area contributed by atoms with Crippen LogP contribution in [0, 0.1) is 0 Å². The topological polar surface area (TPSA) is 40.7 Å². The second-order valence-corrected chi connectivity index (χ2v) is 4.65. The fourth-order valence-corrected chi connectivity index (χ4v) is 2.69. The van der Waals surface area contributed by atoms with Crippen LogP contribution in [0.25, 0.3) is 0 Å². The number of hydrogen-bond acceptors (Lipinski definition) is 2. The molecule has 0 amide bonds. The molecular weight excluding hydrogens is 210 g/mol. The van der Waals surface area contributed by atoms with Crippen molar-refractivity contribution in [2.24, 2.45) is 0 Å². The normalized spacial score (nSPS) is 24.0. The minimum Gasteiger partial charge on any atom is -0.348 e. The summed E-state index contributed by atoms with van der Waals surface area (Å²) in [5, 5.41) is 3.60. The van der Waals surface area contributed by atoms with Crippen LogP contribution in [0.4, 0.5) is 0 Å². The van der Waals surface area contributed by atoms with Crippen LogP contribution in [-0.4, -0.2) is 22.6 Å². The lowest BCUT2D eigenvalue weighted by atomic mass is 9.92. The summed E-state index contributed by atoms with van der Waals surface area (Å²) in [6.45, 7) is 1.10. The number of nitrogens with one attached hydrogen (secondary N) is 2. The molecule has 88 valence electrons. The maximum Gasteiger partial charge on any atom is 0.0921 e. The molecule has 0 bridgehead atoms. The minimum atomic E-state index is 0.526. The molecule has 1 saturated heterocycles. The Hall–Kier alpha value is -1.61. The van der Waals surface area contributed by atoms with Crippen molar-refractivity contribution >= 4 is 0 Å². The summed E-state index contributed by atoms with van der Waals surface area (Å²) in [6, 6.07) is 11.2. The lowest BCUT2D eigenvalue weighted by Crippen LogP contribution is -2.28. The highest BCUT2D eigenvalue weighted by Crippen LogP contribution is 2.27. The predicted octanol–water partition coefficient (Wildman–Crippen LogP) is 2.10. The predicted molar refractivity (Wildman–Crippen MR) is 67.9 cm³/mol. The fraction of sp³-hybridized carbons (Fsp3) is 0.357. The summed E-state index contributed by atoms with van der Waals surface area (Å²) in [7, 11) is 0. The molecule has 1 aromatic carbocycles. The molecule has 2 atom stereocenters. The molecule has 1 aromatic heterocycles. The number of H-pyrrole nitrogens is 1. The van der Waals surface area contributed by atoms with Crippen molar-refractivity contribution in [3.05, 3.63) is 54.1 Å². The van der Waals surface area contributed by atoms with Gasteiger partial charge in [-0.1, -0.05) is 30.3 Å². The van der Waals surface area contributed by atoms with Crippen molar-refractivity contribution in [2.75, 3.05) is 6.54 Å². The smallest absolute Gasteiger partial charge is 0.0921 e. The van der Waals surface area contributed by atoms with Crippen LogP contribution < -0.4 is 5.32 Å². The standard InChI is InChI=1S/C14H17N3/c1-2-4-11(5-3-1)8-13-12(6-7-16-13)14-9-15-10-17-14/h1-5,9-10,12-13,16H,6-8H2,(H,15,17)/t12-,13+/m0/s1. The summed E-state index contributed by atoms with van der Waals surface area (Å²) < 4.78 is 0. The molecule has 3 nitrogen and oxygen atoms in total. The van der Waals surface area contributed by atoms with Crippen molar-refractivity contribution in [2.45, 2.75) is 24.8 Å². The Labute approximate surface area is 101 Å². The van der Waals surface area contributed by atoms with Crippen molar-refractivity contribution in [3.8, 4) is 0 Å². The van der Waals surface area contributed by atoms with E-state index in [9.17, 15) is 0 Å². The molecule has 0 radical (unpaired) electrons. The molecule has 2 heterocycles. The summed E-state index contributed by atoms with van der Waals surface area (Å²) in [5.74, 6) is 0.567. The van der Waals surface area contributed by atoms with Crippen LogP contribution >= 0.6 is 0 Å². The monoisotopic (exact) mass is 227 g/mol. The first kappa shape index (κ1) is 10.5. The number of nitrogens with zero attached hydrogens (tertiary/aromatic N) is 1. The number of aromatic amines is 1. The molecule has 3 heteroatoms. The maximum absolute atomic E-state index is 4.12. The van der Waals surface area contributed by atoms with Gasteiger partial charge in [-0.25, -0.2) is 4.98 Å². The van der Waals surface area contributed by atoms with E-state index in [4.69, 9.17) is 0 Å². The van der Waals surface area contributed by atoms with Gasteiger partial charge >= 0.3 is 0 Å². The van der Waals surface area contributed by atoms with Gasteiger partial charge in [0.05, 0.1) is 6.33 Å². The van der Waals surface area contributed by atoms with Crippen molar-refractivity contribution < 1.29 is 0 Å². The molecule has 0 unspecified atom stereocenters. The summed E-state index contributed by atoms with van der Waals surface area (Å²) in [6.07, 6.45) is 6.01. The van der Waals surface area contributed by atoms with E-state index < -0.39 is 0 Å². The molecular formula is C14H17N3. The van der Waals surface area contributed by atoms with Gasteiger partial charge in [-0.15, -0.1) is 0 Å². The number of benzene rings is 1. The zero-order valence-corrected chi connectivity index (χ0v) is 9.76. The summed E-state index contributed by atoms with van der Waals surface area (Å²) in [4.78, 5) is 7.37. The van der Waals surface area contributed by atoms with Crippen LogP contribution in [0.15, 0.2) is 42.9 Å². The van der Waals surface area contributed by atoms with E-state index in [-0.39, 0.29) is 0 Å². The van der Waals surface area contributed by atoms with E-state index >= 15 is 0 Å². The van der Waals surface area contributed by atoms with Gasteiger partial charge in [0.1, 0.15) is 0 Å². The van der Waals surface area contributed by atoms with E-state index in [0.29, 0.717) is 12.0 Å². The van der Waals surface area contributed by atoms with Crippen LogP contribution in [0.2, 0.25) is 0 Å². The molecule has 1 aliphatic heterocycles. The molecule has 1 aliphatic rings. The van der Waals surface area contributed by atoms with Gasteiger partial charge in [-0.05, 0) is 24.9 Å². The van der Waals surface area contributed by atoms with E-state index in [1.54, 1.807) is 6.33 Å². The third-order valence-corrected chi connectivity index (χ3v) is 3.56. The fourth-order valence-electron chi connectivity index (χ4n) is 2.69. The number of hydrogen-bond donors (Lipinski definition) is 2. The molecule has 3 rings (SSSR count). The largest absolute Gasteiger partial charge is 0.348 e. The average molecular weight is 227 g/mol. The zero-order valence-electron chi connectivity index (χ0n) is 9.76. The molecule has 2 N–H and O–H groups in total. The van der Waals surface area contributed by atoms with Gasteiger partial charge < -0.3 is 10.3 Å². The highest BCUT2D eigenvalue weighted by molar-refractivity contribution is 5.19. The van der Waals surface area contributed by atoms with Crippen molar-refractivity contribution in [1.29, 1.82) is 0 Å². The molecule has 0 aliphatic carbocycles. The highest BCUT2D eigenvalue weighted by Gasteiger charge is 2.28. The van der Waals surface area contributed by atoms with Crippen molar-refractivity contribution in [1.82, 2.24) is 15.3 Å². The van der Waals surface area contributed by atoms with E-state index in [1.165, 1.54) is 17.7 Å². The van der Waals surface area contributed by atoms with Gasteiger partial charge in [-0.2, -0.15) is 0 Å². The Morgan fingerprint density at radius 1 is 1.24 bits per heavy atom. The number of aromatic nitrogens is 2. The zero-order chi connectivity index (χ0) is 11.5. The van der Waals surface area contributed by atoms with Crippen LogP contribution in [-0.2, 0) is 6.42 Å². The molecule has 1 fully saturated rings. The van der Waals surface area contributed by atoms with Gasteiger partial charge in [0.15, 0.2) is 0 Å². The van der Waals surface area contributed by atoms with Crippen LogP contribution in [0.3, 0.4) is 0 Å². The van der Waals surface area contributed by atoms with Gasteiger partial charge in [0.25, 0.3) is 0 Å². The van der Waals surface area contributed by atoms with Gasteiger partial charge in [0.2, 0.25) is 0 Å². The first-order chi connectivity index (χ1) is 8.43. The molecule has 0 spiro atoms. The Kier molecular flexibility index (Phi) is 2.92. The maximum atomic E-state index is 4.12. The van der Waals surface area contributed by atoms with Crippen LogP contribution in [0.5, 0.6) is 0 Å². The highest BCUT2D eigenvalue weighted by atomic mass is 15.0. The van der Waals surface area contributed by atoms with Crippen molar-refractivity contribution in [3.63, 3.8) is 0 Å². The van der Waals surface area contributed by atoms with Crippen LogP contribution in [0.1, 0.15) is 23.6 Å². The first-order valence-corrected chi connectivity index (χ1v) is 6.19. The SMILES string of the molecule is c1ccc(C[C@H]2NCC[C@@H]2c2cnc[nH]2)cc1. The average Bonchev–Trinajstić information content (AvgIpc) is 3.00. The second kappa shape index (κ2) is 4.72. The van der Waals surface area contributed by atoms with Gasteiger partial charge in [0, 0.05) is 23.9 Å². The summed E-state index contributed by atoms with van der Waals surface area (Å²) in [5.41, 5.74) is 2.66. The van der Waals surface area contributed by atoms with E-state index in [2.05, 4.69) is 45.6 Å². The molecule has 0 saturated carbocycles. The third kappa shape index (κ3) is 2.24. The lowest BCUT2D eigenvalue weighted by Gasteiger charge is -2.18. The second-order valence-electron chi connectivity index (χ2n) is 4.65. The quantitative estimate of drug-likeness (QED) is 0.843. The van der Waals surface area contributed by atoms with Gasteiger partial charge in [-0.3, -0.25) is 0 Å². The Morgan fingerprint density at radius 2 is 2.12 bits per heavy atom. The lowest BCUT2D eigenvalue weighted by molar-refractivity contribution is 0.537.